The Bertz CT molecular complexity index is 806. The number of aromatic nitrogens is 2. The lowest BCUT2D eigenvalue weighted by atomic mass is 9.92. The third-order valence-electron chi connectivity index (χ3n) is 4.57. The lowest BCUT2D eigenvalue weighted by Crippen LogP contribution is -2.39. The van der Waals surface area contributed by atoms with Crippen molar-refractivity contribution >= 4 is 29.2 Å². The van der Waals surface area contributed by atoms with E-state index in [0.717, 1.165) is 29.5 Å². The van der Waals surface area contributed by atoms with E-state index in [-0.39, 0.29) is 17.3 Å². The molecule has 2 atom stereocenters. The fraction of sp³-hybridized carbons (Fsp3) is 0.450. The zero-order chi connectivity index (χ0) is 19.4. The number of thioether (sulfide) groups is 1. The van der Waals surface area contributed by atoms with Crippen molar-refractivity contribution < 1.29 is 9.18 Å². The summed E-state index contributed by atoms with van der Waals surface area (Å²) >= 11 is 1.32. The fourth-order valence-corrected chi connectivity index (χ4v) is 4.14. The number of carbonyl (C=O) groups is 1. The van der Waals surface area contributed by atoms with Gasteiger partial charge in [-0.1, -0.05) is 31.7 Å². The highest BCUT2D eigenvalue weighted by molar-refractivity contribution is 7.99. The molecule has 7 heteroatoms. The molecular weight excluding hydrogens is 363 g/mol. The Morgan fingerprint density at radius 2 is 2.00 bits per heavy atom. The van der Waals surface area contributed by atoms with Crippen molar-refractivity contribution in [3.63, 3.8) is 0 Å². The van der Waals surface area contributed by atoms with Crippen LogP contribution in [0.25, 0.3) is 0 Å². The van der Waals surface area contributed by atoms with Crippen LogP contribution in [-0.2, 0) is 4.79 Å². The molecule has 0 aliphatic carbocycles. The smallest absolute Gasteiger partial charge is 0.234 e. The number of rotatable bonds is 5. The predicted molar refractivity (Wildman–Crippen MR) is 108 cm³/mol. The van der Waals surface area contributed by atoms with Crippen molar-refractivity contribution in [1.29, 1.82) is 0 Å². The number of hydrogen-bond donors (Lipinski definition) is 1. The van der Waals surface area contributed by atoms with E-state index in [4.69, 9.17) is 0 Å². The van der Waals surface area contributed by atoms with E-state index in [1.807, 2.05) is 6.07 Å². The third kappa shape index (κ3) is 5.42. The minimum atomic E-state index is -0.425. The molecule has 0 radical (unpaired) electrons. The Morgan fingerprint density at radius 3 is 2.70 bits per heavy atom. The third-order valence-corrected chi connectivity index (χ3v) is 5.50. The van der Waals surface area contributed by atoms with Crippen molar-refractivity contribution in [2.24, 2.45) is 11.8 Å². The molecule has 0 spiro atoms. The van der Waals surface area contributed by atoms with Crippen LogP contribution in [0.15, 0.2) is 35.6 Å². The summed E-state index contributed by atoms with van der Waals surface area (Å²) in [5.74, 6) is 1.64. The Hall–Kier alpha value is -2.15. The van der Waals surface area contributed by atoms with Crippen LogP contribution in [0, 0.1) is 24.6 Å². The molecule has 1 aromatic carbocycles. The normalized spacial score (nSPS) is 19.8. The van der Waals surface area contributed by atoms with E-state index >= 15 is 0 Å². The van der Waals surface area contributed by atoms with Gasteiger partial charge in [0, 0.05) is 19.2 Å². The molecule has 1 aliphatic heterocycles. The van der Waals surface area contributed by atoms with Gasteiger partial charge in [0.25, 0.3) is 0 Å². The number of aryl methyl sites for hydroxylation is 1. The van der Waals surface area contributed by atoms with Gasteiger partial charge in [-0.15, -0.1) is 0 Å². The van der Waals surface area contributed by atoms with Gasteiger partial charge < -0.3 is 10.2 Å². The maximum absolute atomic E-state index is 13.8. The van der Waals surface area contributed by atoms with E-state index < -0.39 is 5.82 Å². The summed E-state index contributed by atoms with van der Waals surface area (Å²) < 4.78 is 13.8. The average molecular weight is 389 g/mol. The summed E-state index contributed by atoms with van der Waals surface area (Å²) in [5.41, 5.74) is 1.01. The van der Waals surface area contributed by atoms with Gasteiger partial charge in [-0.25, -0.2) is 14.4 Å². The molecule has 0 bridgehead atoms. The molecule has 1 aliphatic rings. The lowest BCUT2D eigenvalue weighted by Gasteiger charge is -2.35. The van der Waals surface area contributed by atoms with Crippen LogP contribution >= 0.6 is 11.8 Å². The van der Waals surface area contributed by atoms with Crippen molar-refractivity contribution in [3.05, 3.63) is 42.0 Å². The van der Waals surface area contributed by atoms with Crippen LogP contribution < -0.4 is 10.2 Å². The number of halogens is 1. The Balaban J connectivity index is 1.58. The monoisotopic (exact) mass is 388 g/mol. The topological polar surface area (TPSA) is 58.1 Å². The van der Waals surface area contributed by atoms with Gasteiger partial charge in [-0.05, 0) is 42.9 Å². The molecule has 2 heterocycles. The average Bonchev–Trinajstić information content (AvgIpc) is 2.62. The SMILES string of the molecule is Cc1ccc(NC(=O)CSc2cc(N3CC(C)CC(C)C3)ncn2)c(F)c1. The Kier molecular flexibility index (Phi) is 6.31. The molecule has 144 valence electrons. The quantitative estimate of drug-likeness (QED) is 0.616. The summed E-state index contributed by atoms with van der Waals surface area (Å²) in [6, 6.07) is 6.67. The first-order valence-electron chi connectivity index (χ1n) is 9.16. The van der Waals surface area contributed by atoms with Crippen LogP contribution in [0.1, 0.15) is 25.8 Å². The molecule has 3 rings (SSSR count). The van der Waals surface area contributed by atoms with Gasteiger partial charge in [0.2, 0.25) is 5.91 Å². The maximum Gasteiger partial charge on any atom is 0.234 e. The molecule has 27 heavy (non-hydrogen) atoms. The van der Waals surface area contributed by atoms with E-state index in [1.54, 1.807) is 25.4 Å². The fourth-order valence-electron chi connectivity index (χ4n) is 3.48. The van der Waals surface area contributed by atoms with Crippen LogP contribution in [0.2, 0.25) is 0 Å². The largest absolute Gasteiger partial charge is 0.356 e. The van der Waals surface area contributed by atoms with Crippen molar-refractivity contribution in [1.82, 2.24) is 9.97 Å². The van der Waals surface area contributed by atoms with Gasteiger partial charge in [-0.3, -0.25) is 4.79 Å². The van der Waals surface area contributed by atoms with Gasteiger partial charge in [0.1, 0.15) is 23.0 Å². The van der Waals surface area contributed by atoms with E-state index in [0.29, 0.717) is 11.8 Å². The second kappa shape index (κ2) is 8.69. The summed E-state index contributed by atoms with van der Waals surface area (Å²) in [6.45, 7) is 8.29. The van der Waals surface area contributed by atoms with Crippen LogP contribution in [-0.4, -0.2) is 34.7 Å². The van der Waals surface area contributed by atoms with E-state index in [2.05, 4.69) is 34.0 Å². The predicted octanol–water partition coefficient (Wildman–Crippen LogP) is 4.14. The minimum Gasteiger partial charge on any atom is -0.356 e. The lowest BCUT2D eigenvalue weighted by molar-refractivity contribution is -0.113. The summed E-state index contributed by atoms with van der Waals surface area (Å²) in [5, 5.41) is 3.35. The Labute approximate surface area is 163 Å². The summed E-state index contributed by atoms with van der Waals surface area (Å²) in [7, 11) is 0. The number of anilines is 2. The second-order valence-corrected chi connectivity index (χ2v) is 8.38. The number of nitrogens with zero attached hydrogens (tertiary/aromatic N) is 3. The molecule has 1 amide bonds. The van der Waals surface area contributed by atoms with Gasteiger partial charge in [-0.2, -0.15) is 0 Å². The molecule has 2 aromatic rings. The number of nitrogens with one attached hydrogen (secondary N) is 1. The van der Waals surface area contributed by atoms with Crippen LogP contribution in [0.5, 0.6) is 0 Å². The number of piperidine rings is 1. The molecular formula is C20H25FN4OS. The van der Waals surface area contributed by atoms with Crippen molar-refractivity contribution in [2.45, 2.75) is 32.2 Å². The van der Waals surface area contributed by atoms with Crippen LogP contribution in [0.3, 0.4) is 0 Å². The number of carbonyl (C=O) groups excluding carboxylic acids is 1. The number of amides is 1. The highest BCUT2D eigenvalue weighted by Crippen LogP contribution is 2.27. The second-order valence-electron chi connectivity index (χ2n) is 7.39. The standard InChI is InChI=1S/C20H25FN4OS/c1-13-4-5-17(16(21)7-13)24-19(26)11-27-20-8-18(22-12-23-20)25-9-14(2)6-15(3)10-25/h4-5,7-8,12,14-15H,6,9-11H2,1-3H3,(H,24,26). The van der Waals surface area contributed by atoms with Crippen molar-refractivity contribution in [3.8, 4) is 0 Å². The highest BCUT2D eigenvalue weighted by Gasteiger charge is 2.23. The summed E-state index contributed by atoms with van der Waals surface area (Å²) in [4.78, 5) is 23.1. The minimum absolute atomic E-state index is 0.163. The number of hydrogen-bond acceptors (Lipinski definition) is 5. The molecule has 1 saturated heterocycles. The first-order valence-corrected chi connectivity index (χ1v) is 10.1. The zero-order valence-corrected chi connectivity index (χ0v) is 16.7. The van der Waals surface area contributed by atoms with E-state index in [9.17, 15) is 9.18 Å². The van der Waals surface area contributed by atoms with Gasteiger partial charge >= 0.3 is 0 Å². The van der Waals surface area contributed by atoms with Gasteiger partial charge in [0.05, 0.1) is 11.4 Å². The molecule has 1 fully saturated rings. The maximum atomic E-state index is 13.8. The van der Waals surface area contributed by atoms with Crippen molar-refractivity contribution in [2.75, 3.05) is 29.1 Å². The molecule has 1 N–H and O–H groups in total. The first-order chi connectivity index (χ1) is 12.9. The molecule has 0 saturated carbocycles. The Morgan fingerprint density at radius 1 is 1.26 bits per heavy atom. The molecule has 5 nitrogen and oxygen atoms in total. The number of benzene rings is 1. The van der Waals surface area contributed by atoms with Crippen LogP contribution in [0.4, 0.5) is 15.9 Å². The zero-order valence-electron chi connectivity index (χ0n) is 15.9. The molecule has 2 unspecified atom stereocenters. The van der Waals surface area contributed by atoms with E-state index in [1.165, 1.54) is 24.2 Å². The highest BCUT2D eigenvalue weighted by atomic mass is 32.2. The first kappa shape index (κ1) is 19.6. The molecule has 1 aromatic heterocycles. The van der Waals surface area contributed by atoms with Gasteiger partial charge in [0.15, 0.2) is 0 Å². The summed E-state index contributed by atoms with van der Waals surface area (Å²) in [6.07, 6.45) is 2.78.